The molecule has 0 fully saturated rings. The molecule has 0 bridgehead atoms. The summed E-state index contributed by atoms with van der Waals surface area (Å²) in [5, 5.41) is -0.394. The minimum absolute atomic E-state index is 0.251. The Kier molecular flexibility index (Phi) is 4.28. The lowest BCUT2D eigenvalue weighted by atomic mass is 10.6. The monoisotopic (exact) mass is 241 g/mol. The van der Waals surface area contributed by atoms with Gasteiger partial charge in [-0.2, -0.15) is 0 Å². The van der Waals surface area contributed by atoms with Gasteiger partial charge < -0.3 is 0 Å². The summed E-state index contributed by atoms with van der Waals surface area (Å²) in [7, 11) is -3.13. The second kappa shape index (κ2) is 4.23. The van der Waals surface area contributed by atoms with Gasteiger partial charge in [-0.1, -0.05) is 22.5 Å². The van der Waals surface area contributed by atoms with E-state index < -0.39 is 15.3 Å². The van der Waals surface area contributed by atoms with E-state index in [1.165, 1.54) is 0 Å². The van der Waals surface area contributed by atoms with Crippen LogP contribution >= 0.6 is 15.9 Å². The van der Waals surface area contributed by atoms with E-state index in [9.17, 15) is 8.42 Å². The smallest absolute Gasteiger partial charge is 0.212 e. The van der Waals surface area contributed by atoms with Gasteiger partial charge in [0.05, 0.1) is 5.25 Å². The van der Waals surface area contributed by atoms with Gasteiger partial charge in [0.25, 0.3) is 0 Å². The van der Waals surface area contributed by atoms with Crippen LogP contribution in [0.3, 0.4) is 0 Å². The molecule has 0 saturated carbocycles. The van der Waals surface area contributed by atoms with Crippen LogP contribution in [0, 0.1) is 0 Å². The van der Waals surface area contributed by atoms with Crippen LogP contribution in [0.25, 0.3) is 0 Å². The van der Waals surface area contributed by atoms with Crippen molar-refractivity contribution in [2.24, 2.45) is 0 Å². The Morgan fingerprint density at radius 2 is 2.09 bits per heavy atom. The predicted molar refractivity (Wildman–Crippen MR) is 50.1 cm³/mol. The molecule has 5 heteroatoms. The molecular formula is C6H12BrNO2S. The summed E-state index contributed by atoms with van der Waals surface area (Å²) in [6.07, 6.45) is 0. The predicted octanol–water partition coefficient (Wildman–Crippen LogP) is 1.22. The van der Waals surface area contributed by atoms with Crippen LogP contribution in [-0.4, -0.2) is 20.2 Å². The molecule has 0 amide bonds. The van der Waals surface area contributed by atoms with Crippen LogP contribution < -0.4 is 4.72 Å². The molecule has 11 heavy (non-hydrogen) atoms. The van der Waals surface area contributed by atoms with Crippen LogP contribution in [0.1, 0.15) is 13.8 Å². The summed E-state index contributed by atoms with van der Waals surface area (Å²) in [4.78, 5) is 0. The second-order valence-electron chi connectivity index (χ2n) is 2.43. The van der Waals surface area contributed by atoms with E-state index in [0.717, 1.165) is 0 Å². The van der Waals surface area contributed by atoms with Crippen LogP contribution in [0.15, 0.2) is 11.1 Å². The number of hydrogen-bond donors (Lipinski definition) is 1. The van der Waals surface area contributed by atoms with Crippen molar-refractivity contribution >= 4 is 26.0 Å². The molecule has 0 heterocycles. The van der Waals surface area contributed by atoms with Crippen molar-refractivity contribution in [1.82, 2.24) is 4.72 Å². The van der Waals surface area contributed by atoms with Crippen molar-refractivity contribution in [2.75, 3.05) is 6.54 Å². The van der Waals surface area contributed by atoms with Gasteiger partial charge in [-0.3, -0.25) is 0 Å². The number of sulfonamides is 1. The minimum atomic E-state index is -3.13. The quantitative estimate of drug-likeness (QED) is 0.805. The summed E-state index contributed by atoms with van der Waals surface area (Å²) in [5.41, 5.74) is 0. The number of rotatable bonds is 4. The topological polar surface area (TPSA) is 46.2 Å². The van der Waals surface area contributed by atoms with E-state index in [2.05, 4.69) is 27.2 Å². The fourth-order valence-corrected chi connectivity index (χ4v) is 1.38. The van der Waals surface area contributed by atoms with Gasteiger partial charge in [0, 0.05) is 11.0 Å². The minimum Gasteiger partial charge on any atom is -0.212 e. The molecule has 0 unspecified atom stereocenters. The van der Waals surface area contributed by atoms with Gasteiger partial charge in [0.2, 0.25) is 10.0 Å². The first-order valence-corrected chi connectivity index (χ1v) is 5.52. The zero-order valence-corrected chi connectivity index (χ0v) is 9.00. The SMILES string of the molecule is C=C(Br)CNS(=O)(=O)C(C)C. The summed E-state index contributed by atoms with van der Waals surface area (Å²) in [6, 6.07) is 0. The fourth-order valence-electron chi connectivity index (χ4n) is 0.346. The first-order valence-electron chi connectivity index (χ1n) is 3.18. The molecule has 3 nitrogen and oxygen atoms in total. The fraction of sp³-hybridized carbons (Fsp3) is 0.667. The molecule has 0 aliphatic rings. The highest BCUT2D eigenvalue weighted by molar-refractivity contribution is 9.11. The third-order valence-corrected chi connectivity index (χ3v) is 3.15. The van der Waals surface area contributed by atoms with E-state index in [4.69, 9.17) is 0 Å². The molecule has 0 aromatic rings. The molecule has 0 aliphatic carbocycles. The van der Waals surface area contributed by atoms with Gasteiger partial charge in [0.15, 0.2) is 0 Å². The van der Waals surface area contributed by atoms with Gasteiger partial charge in [-0.05, 0) is 13.8 Å². The van der Waals surface area contributed by atoms with Gasteiger partial charge in [0.1, 0.15) is 0 Å². The zero-order chi connectivity index (χ0) is 9.07. The van der Waals surface area contributed by atoms with Gasteiger partial charge in [-0.15, -0.1) is 0 Å². The van der Waals surface area contributed by atoms with Crippen molar-refractivity contribution in [1.29, 1.82) is 0 Å². The first-order chi connectivity index (χ1) is 4.86. The van der Waals surface area contributed by atoms with Crippen molar-refractivity contribution in [2.45, 2.75) is 19.1 Å². The second-order valence-corrected chi connectivity index (χ2v) is 5.88. The average molecular weight is 242 g/mol. The van der Waals surface area contributed by atoms with Crippen molar-refractivity contribution in [3.05, 3.63) is 11.1 Å². The maximum Gasteiger partial charge on any atom is 0.214 e. The standard InChI is InChI=1S/C6H12BrNO2S/c1-5(2)11(9,10)8-4-6(3)7/h5,8H,3-4H2,1-2H3. The Morgan fingerprint density at radius 3 is 2.36 bits per heavy atom. The molecule has 0 aliphatic heterocycles. The number of nitrogens with one attached hydrogen (secondary N) is 1. The number of halogens is 1. The lowest BCUT2D eigenvalue weighted by Crippen LogP contribution is -2.31. The Morgan fingerprint density at radius 1 is 1.64 bits per heavy atom. The largest absolute Gasteiger partial charge is 0.214 e. The summed E-state index contributed by atoms with van der Waals surface area (Å²) >= 11 is 3.05. The van der Waals surface area contributed by atoms with E-state index in [1.807, 2.05) is 0 Å². The third-order valence-electron chi connectivity index (χ3n) is 1.09. The van der Waals surface area contributed by atoms with E-state index in [1.54, 1.807) is 13.8 Å². The highest BCUT2D eigenvalue weighted by Crippen LogP contribution is 2.01. The molecule has 0 aromatic heterocycles. The van der Waals surface area contributed by atoms with Gasteiger partial charge in [-0.25, -0.2) is 13.1 Å². The molecular weight excluding hydrogens is 230 g/mol. The third kappa shape index (κ3) is 4.55. The molecule has 0 aromatic carbocycles. The lowest BCUT2D eigenvalue weighted by Gasteiger charge is -2.07. The first kappa shape index (κ1) is 11.1. The molecule has 0 spiro atoms. The van der Waals surface area contributed by atoms with Crippen LogP contribution in [0.5, 0.6) is 0 Å². The Bertz CT molecular complexity index is 233. The van der Waals surface area contributed by atoms with Crippen LogP contribution in [-0.2, 0) is 10.0 Å². The Hall–Kier alpha value is 0.130. The van der Waals surface area contributed by atoms with Crippen molar-refractivity contribution < 1.29 is 8.42 Å². The maximum atomic E-state index is 11.1. The molecule has 0 saturated heterocycles. The lowest BCUT2D eigenvalue weighted by molar-refractivity contribution is 0.576. The molecule has 0 atom stereocenters. The zero-order valence-electron chi connectivity index (χ0n) is 6.59. The van der Waals surface area contributed by atoms with Crippen molar-refractivity contribution in [3.8, 4) is 0 Å². The summed E-state index contributed by atoms with van der Waals surface area (Å²) in [6.45, 7) is 7.01. The number of hydrogen-bond acceptors (Lipinski definition) is 2. The Labute approximate surface area is 76.1 Å². The van der Waals surface area contributed by atoms with E-state index >= 15 is 0 Å². The average Bonchev–Trinajstić information content (AvgIpc) is 1.84. The van der Waals surface area contributed by atoms with E-state index in [0.29, 0.717) is 4.48 Å². The van der Waals surface area contributed by atoms with Crippen LogP contribution in [0.2, 0.25) is 0 Å². The Balaban J connectivity index is 4.05. The molecule has 1 N–H and O–H groups in total. The normalized spacial score (nSPS) is 12.0. The van der Waals surface area contributed by atoms with E-state index in [-0.39, 0.29) is 6.54 Å². The molecule has 0 rings (SSSR count). The highest BCUT2D eigenvalue weighted by Gasteiger charge is 2.14. The molecule has 0 radical (unpaired) electrons. The van der Waals surface area contributed by atoms with Crippen LogP contribution in [0.4, 0.5) is 0 Å². The molecule has 66 valence electrons. The van der Waals surface area contributed by atoms with Crippen molar-refractivity contribution in [3.63, 3.8) is 0 Å². The highest BCUT2D eigenvalue weighted by atomic mass is 79.9. The summed E-state index contributed by atoms with van der Waals surface area (Å²) < 4.78 is 25.1. The van der Waals surface area contributed by atoms with Gasteiger partial charge >= 0.3 is 0 Å². The maximum absolute atomic E-state index is 11.1. The summed E-state index contributed by atoms with van der Waals surface area (Å²) in [5.74, 6) is 0.